The maximum absolute atomic E-state index is 11.8. The van der Waals surface area contributed by atoms with Crippen molar-refractivity contribution in [1.29, 1.82) is 0 Å². The number of aliphatic hydroxyl groups is 1. The van der Waals surface area contributed by atoms with Gasteiger partial charge in [-0.15, -0.1) is 0 Å². The van der Waals surface area contributed by atoms with Crippen LogP contribution in [0.2, 0.25) is 0 Å². The molecule has 1 fully saturated rings. The summed E-state index contributed by atoms with van der Waals surface area (Å²) in [6, 6.07) is -0.411. The number of rotatable bonds is 5. The number of nitrogens with one attached hydrogen (secondary N) is 1. The maximum Gasteiger partial charge on any atom is 0.314 e. The number of nitrogens with zero attached hydrogens (tertiary/aromatic N) is 1. The van der Waals surface area contributed by atoms with Crippen LogP contribution >= 0.6 is 0 Å². The molecule has 18 heavy (non-hydrogen) atoms. The van der Waals surface area contributed by atoms with Gasteiger partial charge in [-0.1, -0.05) is 0 Å². The number of hydrogen-bond donors (Lipinski definition) is 3. The molecule has 0 aromatic carbocycles. The molecule has 6 nitrogen and oxygen atoms in total. The molecule has 6 heteroatoms. The first-order valence-corrected chi connectivity index (χ1v) is 6.51. The van der Waals surface area contributed by atoms with Gasteiger partial charge in [-0.2, -0.15) is 0 Å². The summed E-state index contributed by atoms with van der Waals surface area (Å²) >= 11 is 0. The Kier molecular flexibility index (Phi) is 5.91. The van der Waals surface area contributed by atoms with Crippen LogP contribution in [0.25, 0.3) is 0 Å². The molecule has 0 radical (unpaired) electrons. The molecule has 1 saturated heterocycles. The average Bonchev–Trinajstić information content (AvgIpc) is 2.34. The second-order valence-electron chi connectivity index (χ2n) is 4.88. The van der Waals surface area contributed by atoms with Crippen molar-refractivity contribution in [2.24, 2.45) is 11.7 Å². The number of urea groups is 1. The zero-order chi connectivity index (χ0) is 13.5. The highest BCUT2D eigenvalue weighted by Crippen LogP contribution is 2.16. The molecule has 0 saturated carbocycles. The largest absolute Gasteiger partial charge is 0.393 e. The zero-order valence-corrected chi connectivity index (χ0v) is 10.9. The van der Waals surface area contributed by atoms with E-state index in [0.29, 0.717) is 38.9 Å². The van der Waals surface area contributed by atoms with Crippen LogP contribution in [0.4, 0.5) is 4.79 Å². The number of aliphatic hydroxyl groups excluding tert-OH is 1. The molecular formula is C12H23N3O3. The molecule has 0 aromatic rings. The lowest BCUT2D eigenvalue weighted by atomic mass is 9.96. The van der Waals surface area contributed by atoms with Gasteiger partial charge in [0.2, 0.25) is 5.91 Å². The highest BCUT2D eigenvalue weighted by molar-refractivity contribution is 5.79. The van der Waals surface area contributed by atoms with Crippen molar-refractivity contribution in [3.8, 4) is 0 Å². The molecular weight excluding hydrogens is 234 g/mol. The van der Waals surface area contributed by atoms with E-state index >= 15 is 0 Å². The molecule has 1 heterocycles. The number of primary amides is 1. The van der Waals surface area contributed by atoms with Gasteiger partial charge in [0, 0.05) is 25.6 Å². The quantitative estimate of drug-likeness (QED) is 0.607. The number of carbonyl (C=O) groups excluding carboxylic acids is 2. The Morgan fingerprint density at radius 1 is 1.44 bits per heavy atom. The molecule has 1 unspecified atom stereocenters. The predicted molar refractivity (Wildman–Crippen MR) is 67.8 cm³/mol. The van der Waals surface area contributed by atoms with E-state index in [2.05, 4.69) is 5.32 Å². The van der Waals surface area contributed by atoms with E-state index in [-0.39, 0.29) is 17.9 Å². The van der Waals surface area contributed by atoms with Crippen LogP contribution in [0.15, 0.2) is 0 Å². The standard InChI is InChI=1S/C12H23N3O3/c1-9(16)3-2-6-14-11(17)10-4-7-15(8-5-10)12(13)18/h9-10,16H,2-8H2,1H3,(H2,13,18)(H,14,17). The fourth-order valence-corrected chi connectivity index (χ4v) is 2.12. The van der Waals surface area contributed by atoms with Gasteiger partial charge in [0.15, 0.2) is 0 Å². The fourth-order valence-electron chi connectivity index (χ4n) is 2.12. The van der Waals surface area contributed by atoms with Crippen molar-refractivity contribution in [1.82, 2.24) is 10.2 Å². The molecule has 0 aliphatic carbocycles. The number of carbonyl (C=O) groups is 2. The minimum atomic E-state index is -0.411. The van der Waals surface area contributed by atoms with Crippen LogP contribution < -0.4 is 11.1 Å². The Balaban J connectivity index is 2.18. The Morgan fingerprint density at radius 3 is 2.56 bits per heavy atom. The Hall–Kier alpha value is -1.30. The lowest BCUT2D eigenvalue weighted by molar-refractivity contribution is -0.126. The van der Waals surface area contributed by atoms with E-state index < -0.39 is 6.03 Å². The van der Waals surface area contributed by atoms with Crippen LogP contribution in [0.3, 0.4) is 0 Å². The summed E-state index contributed by atoms with van der Waals surface area (Å²) in [5, 5.41) is 12.0. The number of likely N-dealkylation sites (tertiary alicyclic amines) is 1. The van der Waals surface area contributed by atoms with Gasteiger partial charge in [0.1, 0.15) is 0 Å². The summed E-state index contributed by atoms with van der Waals surface area (Å²) in [5.41, 5.74) is 5.18. The van der Waals surface area contributed by atoms with E-state index in [1.54, 1.807) is 11.8 Å². The van der Waals surface area contributed by atoms with Crippen molar-refractivity contribution in [3.63, 3.8) is 0 Å². The molecule has 1 rings (SSSR count). The lowest BCUT2D eigenvalue weighted by Crippen LogP contribution is -2.45. The normalized spacial score (nSPS) is 18.4. The minimum Gasteiger partial charge on any atom is -0.393 e. The van der Waals surface area contributed by atoms with E-state index in [9.17, 15) is 9.59 Å². The monoisotopic (exact) mass is 257 g/mol. The molecule has 104 valence electrons. The van der Waals surface area contributed by atoms with E-state index in [1.807, 2.05) is 0 Å². The van der Waals surface area contributed by atoms with E-state index in [1.165, 1.54) is 0 Å². The van der Waals surface area contributed by atoms with Gasteiger partial charge in [0.25, 0.3) is 0 Å². The van der Waals surface area contributed by atoms with E-state index in [0.717, 1.165) is 6.42 Å². The summed E-state index contributed by atoms with van der Waals surface area (Å²) in [6.07, 6.45) is 2.50. The van der Waals surface area contributed by atoms with Crippen molar-refractivity contribution in [2.45, 2.75) is 38.7 Å². The highest BCUT2D eigenvalue weighted by atomic mass is 16.3. The second kappa shape index (κ2) is 7.20. The van der Waals surface area contributed by atoms with E-state index in [4.69, 9.17) is 10.8 Å². The third-order valence-electron chi connectivity index (χ3n) is 3.28. The second-order valence-corrected chi connectivity index (χ2v) is 4.88. The van der Waals surface area contributed by atoms with Gasteiger partial charge in [-0.25, -0.2) is 4.79 Å². The third-order valence-corrected chi connectivity index (χ3v) is 3.28. The molecule has 1 atom stereocenters. The predicted octanol–water partition coefficient (Wildman–Crippen LogP) is 0.0543. The molecule has 4 N–H and O–H groups in total. The Morgan fingerprint density at radius 2 is 2.06 bits per heavy atom. The highest BCUT2D eigenvalue weighted by Gasteiger charge is 2.25. The van der Waals surface area contributed by atoms with Crippen LogP contribution in [0, 0.1) is 5.92 Å². The first-order chi connectivity index (χ1) is 8.50. The van der Waals surface area contributed by atoms with Crippen LogP contribution in [0.1, 0.15) is 32.6 Å². The van der Waals surface area contributed by atoms with Gasteiger partial charge >= 0.3 is 6.03 Å². The Labute approximate surface area is 108 Å². The lowest BCUT2D eigenvalue weighted by Gasteiger charge is -2.29. The number of piperidine rings is 1. The summed E-state index contributed by atoms with van der Waals surface area (Å²) in [4.78, 5) is 24.3. The summed E-state index contributed by atoms with van der Waals surface area (Å²) in [6.45, 7) is 3.45. The average molecular weight is 257 g/mol. The van der Waals surface area contributed by atoms with Crippen LogP contribution in [0.5, 0.6) is 0 Å². The SMILES string of the molecule is CC(O)CCCNC(=O)C1CCN(C(N)=O)CC1. The summed E-state index contributed by atoms with van der Waals surface area (Å²) in [5.74, 6) is 0.0249. The van der Waals surface area contributed by atoms with Crippen molar-refractivity contribution in [3.05, 3.63) is 0 Å². The smallest absolute Gasteiger partial charge is 0.314 e. The van der Waals surface area contributed by atoms with Gasteiger partial charge < -0.3 is 21.1 Å². The Bertz CT molecular complexity index is 286. The fraction of sp³-hybridized carbons (Fsp3) is 0.833. The minimum absolute atomic E-state index is 0.0212. The van der Waals surface area contributed by atoms with Crippen molar-refractivity contribution < 1.29 is 14.7 Å². The molecule has 0 aromatic heterocycles. The first kappa shape index (κ1) is 14.8. The third kappa shape index (κ3) is 4.91. The summed E-state index contributed by atoms with van der Waals surface area (Å²) in [7, 11) is 0. The molecule has 0 spiro atoms. The van der Waals surface area contributed by atoms with Crippen molar-refractivity contribution in [2.75, 3.05) is 19.6 Å². The number of amides is 3. The first-order valence-electron chi connectivity index (χ1n) is 6.51. The number of nitrogens with two attached hydrogens (primary N) is 1. The number of hydrogen-bond acceptors (Lipinski definition) is 3. The zero-order valence-electron chi connectivity index (χ0n) is 10.9. The van der Waals surface area contributed by atoms with Gasteiger partial charge in [0.05, 0.1) is 6.10 Å². The van der Waals surface area contributed by atoms with Crippen LogP contribution in [-0.2, 0) is 4.79 Å². The van der Waals surface area contributed by atoms with Crippen LogP contribution in [-0.4, -0.2) is 47.7 Å². The van der Waals surface area contributed by atoms with Gasteiger partial charge in [-0.3, -0.25) is 4.79 Å². The molecule has 0 bridgehead atoms. The molecule has 1 aliphatic rings. The van der Waals surface area contributed by atoms with Gasteiger partial charge in [-0.05, 0) is 32.6 Å². The summed E-state index contributed by atoms with van der Waals surface area (Å²) < 4.78 is 0. The molecule has 3 amide bonds. The molecule has 1 aliphatic heterocycles. The maximum atomic E-state index is 11.8. The topological polar surface area (TPSA) is 95.7 Å². The van der Waals surface area contributed by atoms with Crippen molar-refractivity contribution >= 4 is 11.9 Å².